The summed E-state index contributed by atoms with van der Waals surface area (Å²) >= 11 is 5.85. The molecule has 1 aliphatic heterocycles. The quantitative estimate of drug-likeness (QED) is 0.502. The van der Waals surface area contributed by atoms with Gasteiger partial charge in [0.05, 0.1) is 11.1 Å². The summed E-state index contributed by atoms with van der Waals surface area (Å²) in [5.74, 6) is 0.353. The van der Waals surface area contributed by atoms with Crippen LogP contribution in [0.5, 0.6) is 0 Å². The van der Waals surface area contributed by atoms with E-state index >= 15 is 0 Å². The Balaban J connectivity index is 1.37. The Hall–Kier alpha value is -2.73. The van der Waals surface area contributed by atoms with Crippen LogP contribution in [-0.2, 0) is 17.9 Å². The maximum absolute atomic E-state index is 12.5. The molecule has 2 heterocycles. The van der Waals surface area contributed by atoms with Gasteiger partial charge in [0, 0.05) is 19.3 Å². The number of aromatic nitrogens is 1. The highest BCUT2D eigenvalue weighted by atomic mass is 35.5. The number of rotatable bonds is 8. The van der Waals surface area contributed by atoms with Gasteiger partial charge in [-0.2, -0.15) is 0 Å². The van der Waals surface area contributed by atoms with E-state index in [1.165, 1.54) is 48.8 Å². The average molecular weight is 449 g/mol. The van der Waals surface area contributed by atoms with E-state index in [9.17, 15) is 4.79 Å². The van der Waals surface area contributed by atoms with Gasteiger partial charge in [-0.15, -0.1) is 0 Å². The molecule has 6 heteroatoms. The number of hydrogen-bond acceptors (Lipinski definition) is 4. The lowest BCUT2D eigenvalue weighted by Crippen LogP contribution is -2.37. The van der Waals surface area contributed by atoms with Gasteiger partial charge in [-0.1, -0.05) is 60.1 Å². The maximum Gasteiger partial charge on any atom is 0.242 e. The number of nitrogens with zero attached hydrogens (tertiary/aromatic N) is 2. The highest BCUT2D eigenvalue weighted by Gasteiger charge is 2.15. The largest absolute Gasteiger partial charge is 0.309 e. The fourth-order valence-corrected chi connectivity index (χ4v) is 4.10. The predicted octanol–water partition coefficient (Wildman–Crippen LogP) is 5.11. The minimum atomic E-state index is -0.372. The van der Waals surface area contributed by atoms with Crippen molar-refractivity contribution in [2.45, 2.75) is 38.9 Å². The van der Waals surface area contributed by atoms with Crippen molar-refractivity contribution < 1.29 is 4.79 Å². The molecule has 4 rings (SSSR count). The van der Waals surface area contributed by atoms with Gasteiger partial charge < -0.3 is 10.6 Å². The summed E-state index contributed by atoms with van der Waals surface area (Å²) in [7, 11) is 0. The third-order valence-corrected chi connectivity index (χ3v) is 6.08. The molecule has 0 radical (unpaired) electrons. The molecule has 1 amide bonds. The lowest BCUT2D eigenvalue weighted by atomic mass is 9.98. The Morgan fingerprint density at radius 2 is 1.81 bits per heavy atom. The van der Waals surface area contributed by atoms with Gasteiger partial charge in [0.25, 0.3) is 0 Å². The second-order valence-electron chi connectivity index (χ2n) is 8.29. The Bertz CT molecular complexity index is 1030. The molecule has 166 valence electrons. The molecular weight excluding hydrogens is 420 g/mol. The summed E-state index contributed by atoms with van der Waals surface area (Å²) in [6.07, 6.45) is 4.14. The molecule has 1 fully saturated rings. The summed E-state index contributed by atoms with van der Waals surface area (Å²) in [4.78, 5) is 19.1. The van der Waals surface area contributed by atoms with Crippen molar-refractivity contribution in [3.05, 3.63) is 83.0 Å². The lowest BCUT2D eigenvalue weighted by Gasteiger charge is -2.17. The fourth-order valence-electron chi connectivity index (χ4n) is 3.98. The molecule has 1 aliphatic rings. The first-order valence-electron chi connectivity index (χ1n) is 11.1. The number of carbonyl (C=O) groups excluding carboxylic acids is 1. The lowest BCUT2D eigenvalue weighted by molar-refractivity contribution is -0.117. The monoisotopic (exact) mass is 448 g/mol. The van der Waals surface area contributed by atoms with Crippen LogP contribution in [0.15, 0.2) is 66.9 Å². The number of benzene rings is 2. The number of carbonyl (C=O) groups is 1. The van der Waals surface area contributed by atoms with Crippen LogP contribution in [0.2, 0.25) is 5.02 Å². The molecule has 1 aromatic heterocycles. The van der Waals surface area contributed by atoms with Crippen molar-refractivity contribution in [2.75, 3.05) is 18.4 Å². The van der Waals surface area contributed by atoms with Crippen LogP contribution in [0.25, 0.3) is 11.1 Å². The number of nitrogens with one attached hydrogen (secondary N) is 2. The molecule has 0 saturated carbocycles. The number of anilines is 1. The topological polar surface area (TPSA) is 57.3 Å². The molecule has 5 nitrogen and oxygen atoms in total. The van der Waals surface area contributed by atoms with Crippen molar-refractivity contribution in [3.63, 3.8) is 0 Å². The first kappa shape index (κ1) is 22.5. The van der Waals surface area contributed by atoms with E-state index in [0.717, 1.165) is 12.1 Å². The smallest absolute Gasteiger partial charge is 0.242 e. The Morgan fingerprint density at radius 1 is 1.06 bits per heavy atom. The minimum absolute atomic E-state index is 0.136. The summed E-state index contributed by atoms with van der Waals surface area (Å²) in [5, 5.41) is 6.68. The minimum Gasteiger partial charge on any atom is -0.309 e. The maximum atomic E-state index is 12.5. The molecule has 2 aromatic carbocycles. The van der Waals surface area contributed by atoms with Gasteiger partial charge in [0.2, 0.25) is 5.91 Å². The van der Waals surface area contributed by atoms with Crippen molar-refractivity contribution in [1.29, 1.82) is 0 Å². The van der Waals surface area contributed by atoms with Gasteiger partial charge in [0.1, 0.15) is 5.82 Å². The van der Waals surface area contributed by atoms with Crippen molar-refractivity contribution in [3.8, 4) is 11.1 Å². The average Bonchev–Trinajstić information content (AvgIpc) is 3.33. The van der Waals surface area contributed by atoms with Gasteiger partial charge in [0.15, 0.2) is 0 Å². The highest BCUT2D eigenvalue weighted by Crippen LogP contribution is 2.25. The van der Waals surface area contributed by atoms with Crippen molar-refractivity contribution in [1.82, 2.24) is 15.2 Å². The molecule has 2 N–H and O–H groups in total. The zero-order chi connectivity index (χ0) is 22.3. The van der Waals surface area contributed by atoms with E-state index in [1.807, 2.05) is 13.0 Å². The van der Waals surface area contributed by atoms with Crippen LogP contribution in [0.3, 0.4) is 0 Å². The molecule has 1 saturated heterocycles. The van der Waals surface area contributed by atoms with E-state index in [1.54, 1.807) is 12.1 Å². The third-order valence-electron chi connectivity index (χ3n) is 5.86. The van der Waals surface area contributed by atoms with Crippen molar-refractivity contribution >= 4 is 23.3 Å². The molecule has 3 aromatic rings. The normalized spacial score (nSPS) is 14.9. The molecule has 0 bridgehead atoms. The molecule has 0 aliphatic carbocycles. The standard InChI is InChI=1S/C26H29ClN4O/c1-19(26(32)30-25-13-12-23(27)17-29-25)28-16-22-6-2-3-7-24(22)21-10-8-20(9-11-21)18-31-14-4-5-15-31/h2-3,6-13,17,19,28H,4-5,14-16,18H2,1H3,(H,29,30,32)/t19-/m0/s1. The van der Waals surface area contributed by atoms with Gasteiger partial charge in [-0.25, -0.2) is 4.98 Å². The first-order valence-corrected chi connectivity index (χ1v) is 11.5. The predicted molar refractivity (Wildman–Crippen MR) is 131 cm³/mol. The van der Waals surface area contributed by atoms with E-state index in [2.05, 4.69) is 63.0 Å². The Kier molecular flexibility index (Phi) is 7.53. The third kappa shape index (κ3) is 5.94. The zero-order valence-corrected chi connectivity index (χ0v) is 19.1. The Labute approximate surface area is 194 Å². The Morgan fingerprint density at radius 3 is 2.53 bits per heavy atom. The molecule has 1 atom stereocenters. The highest BCUT2D eigenvalue weighted by molar-refractivity contribution is 6.30. The summed E-state index contributed by atoms with van der Waals surface area (Å²) in [6, 6.07) is 20.2. The molecule has 0 spiro atoms. The van der Waals surface area contributed by atoms with Crippen LogP contribution in [0.1, 0.15) is 30.9 Å². The number of halogens is 1. The summed E-state index contributed by atoms with van der Waals surface area (Å²) in [5.41, 5.74) is 4.88. The number of pyridine rings is 1. The SMILES string of the molecule is C[C@H](NCc1ccccc1-c1ccc(CN2CCCC2)cc1)C(=O)Nc1ccc(Cl)cn1. The van der Waals surface area contributed by atoms with Crippen LogP contribution in [0.4, 0.5) is 5.82 Å². The van der Waals surface area contributed by atoms with Gasteiger partial charge >= 0.3 is 0 Å². The fraction of sp³-hybridized carbons (Fsp3) is 0.308. The summed E-state index contributed by atoms with van der Waals surface area (Å²) < 4.78 is 0. The molecular formula is C26H29ClN4O. The van der Waals surface area contributed by atoms with E-state index in [4.69, 9.17) is 11.6 Å². The zero-order valence-electron chi connectivity index (χ0n) is 18.4. The van der Waals surface area contributed by atoms with Crippen molar-refractivity contribution in [2.24, 2.45) is 0 Å². The second-order valence-corrected chi connectivity index (χ2v) is 8.73. The summed E-state index contributed by atoms with van der Waals surface area (Å²) in [6.45, 7) is 5.88. The van der Waals surface area contributed by atoms with Crippen LogP contribution in [0, 0.1) is 0 Å². The number of likely N-dealkylation sites (tertiary alicyclic amines) is 1. The molecule has 0 unspecified atom stereocenters. The molecule has 32 heavy (non-hydrogen) atoms. The van der Waals surface area contributed by atoms with Gasteiger partial charge in [-0.05, 0) is 67.2 Å². The van der Waals surface area contributed by atoms with Crippen LogP contribution >= 0.6 is 11.6 Å². The second kappa shape index (κ2) is 10.7. The van der Waals surface area contributed by atoms with E-state index in [0.29, 0.717) is 17.4 Å². The number of hydrogen-bond donors (Lipinski definition) is 2. The van der Waals surface area contributed by atoms with Gasteiger partial charge in [-0.3, -0.25) is 9.69 Å². The van der Waals surface area contributed by atoms with Crippen LogP contribution < -0.4 is 10.6 Å². The number of amides is 1. The first-order chi connectivity index (χ1) is 15.6. The van der Waals surface area contributed by atoms with Crippen LogP contribution in [-0.4, -0.2) is 34.9 Å². The van der Waals surface area contributed by atoms with E-state index < -0.39 is 0 Å². The van der Waals surface area contributed by atoms with E-state index in [-0.39, 0.29) is 11.9 Å².